The van der Waals surface area contributed by atoms with Gasteiger partial charge in [-0.25, -0.2) is 0 Å². The lowest BCUT2D eigenvalue weighted by atomic mass is 10.2. The highest BCUT2D eigenvalue weighted by Gasteiger charge is 2.11. The molecule has 1 aromatic heterocycles. The number of thioether (sulfide) groups is 1. The van der Waals surface area contributed by atoms with Gasteiger partial charge in [-0.3, -0.25) is 4.57 Å². The van der Waals surface area contributed by atoms with E-state index < -0.39 is 0 Å². The quantitative estimate of drug-likeness (QED) is 0.779. The first-order valence-corrected chi connectivity index (χ1v) is 7.23. The van der Waals surface area contributed by atoms with Gasteiger partial charge in [-0.05, 0) is 30.0 Å². The monoisotopic (exact) mass is 267 g/mol. The number of rotatable bonds is 5. The van der Waals surface area contributed by atoms with E-state index in [0.717, 1.165) is 30.1 Å². The molecule has 5 heteroatoms. The van der Waals surface area contributed by atoms with E-state index in [9.17, 15) is 0 Å². The van der Waals surface area contributed by atoms with E-state index in [4.69, 9.17) is 11.6 Å². The summed E-state index contributed by atoms with van der Waals surface area (Å²) in [6.45, 7) is 0.858. The molecule has 0 radical (unpaired) electrons. The second-order valence-electron chi connectivity index (χ2n) is 3.66. The van der Waals surface area contributed by atoms with Crippen molar-refractivity contribution in [2.75, 3.05) is 12.0 Å². The molecule has 0 amide bonds. The van der Waals surface area contributed by atoms with Crippen LogP contribution < -0.4 is 0 Å². The van der Waals surface area contributed by atoms with Gasteiger partial charge in [0.1, 0.15) is 0 Å². The standard InChI is InChI=1S/C12H14ClN3S/c1-17-9-5-8-16-11(14-15-12(16)13)10-6-3-2-4-7-10/h2-4,6-7H,5,8-9H2,1H3. The van der Waals surface area contributed by atoms with Gasteiger partial charge in [0.05, 0.1) is 0 Å². The van der Waals surface area contributed by atoms with Gasteiger partial charge < -0.3 is 0 Å². The Balaban J connectivity index is 2.23. The molecular formula is C12H14ClN3S. The molecule has 1 aromatic carbocycles. The highest BCUT2D eigenvalue weighted by molar-refractivity contribution is 7.98. The van der Waals surface area contributed by atoms with Crippen LogP contribution in [-0.4, -0.2) is 26.8 Å². The first kappa shape index (κ1) is 12.5. The van der Waals surface area contributed by atoms with Crippen LogP contribution in [0.15, 0.2) is 30.3 Å². The molecule has 0 fully saturated rings. The predicted octanol–water partition coefficient (Wildman–Crippen LogP) is 3.35. The summed E-state index contributed by atoms with van der Waals surface area (Å²) < 4.78 is 1.97. The lowest BCUT2D eigenvalue weighted by Crippen LogP contribution is -2.02. The highest BCUT2D eigenvalue weighted by Crippen LogP contribution is 2.20. The molecule has 0 aliphatic rings. The first-order valence-electron chi connectivity index (χ1n) is 5.46. The molecule has 3 nitrogen and oxygen atoms in total. The van der Waals surface area contributed by atoms with Crippen molar-refractivity contribution in [3.05, 3.63) is 35.6 Å². The van der Waals surface area contributed by atoms with E-state index in [1.807, 2.05) is 46.7 Å². The Kier molecular flexibility index (Phi) is 4.45. The van der Waals surface area contributed by atoms with Crippen LogP contribution >= 0.6 is 23.4 Å². The van der Waals surface area contributed by atoms with Crippen LogP contribution in [0.25, 0.3) is 11.4 Å². The van der Waals surface area contributed by atoms with E-state index in [0.29, 0.717) is 5.28 Å². The average molecular weight is 268 g/mol. The second kappa shape index (κ2) is 6.07. The minimum atomic E-state index is 0.463. The molecule has 17 heavy (non-hydrogen) atoms. The molecule has 0 saturated heterocycles. The van der Waals surface area contributed by atoms with E-state index in [1.165, 1.54) is 0 Å². The minimum Gasteiger partial charge on any atom is -0.298 e. The molecule has 0 unspecified atom stereocenters. The second-order valence-corrected chi connectivity index (χ2v) is 4.98. The van der Waals surface area contributed by atoms with Gasteiger partial charge in [0, 0.05) is 12.1 Å². The zero-order chi connectivity index (χ0) is 12.1. The molecule has 0 aliphatic heterocycles. The van der Waals surface area contributed by atoms with Crippen LogP contribution in [-0.2, 0) is 6.54 Å². The summed E-state index contributed by atoms with van der Waals surface area (Å²) in [5.41, 5.74) is 1.05. The Hall–Kier alpha value is -1.00. The van der Waals surface area contributed by atoms with Crippen LogP contribution in [0.2, 0.25) is 5.28 Å². The summed E-state index contributed by atoms with van der Waals surface area (Å²) in [4.78, 5) is 0. The maximum Gasteiger partial charge on any atom is 0.225 e. The number of halogens is 1. The van der Waals surface area contributed by atoms with E-state index in [-0.39, 0.29) is 0 Å². The third-order valence-electron chi connectivity index (χ3n) is 2.47. The van der Waals surface area contributed by atoms with Crippen molar-refractivity contribution < 1.29 is 0 Å². The van der Waals surface area contributed by atoms with Crippen molar-refractivity contribution in [3.8, 4) is 11.4 Å². The smallest absolute Gasteiger partial charge is 0.225 e. The van der Waals surface area contributed by atoms with Crippen molar-refractivity contribution in [2.45, 2.75) is 13.0 Å². The summed E-state index contributed by atoms with van der Waals surface area (Å²) in [6.07, 6.45) is 3.17. The van der Waals surface area contributed by atoms with Crippen molar-refractivity contribution in [3.63, 3.8) is 0 Å². The minimum absolute atomic E-state index is 0.463. The number of nitrogens with zero attached hydrogens (tertiary/aromatic N) is 3. The zero-order valence-corrected chi connectivity index (χ0v) is 11.2. The van der Waals surface area contributed by atoms with Crippen LogP contribution in [0.1, 0.15) is 6.42 Å². The molecule has 0 atom stereocenters. The highest BCUT2D eigenvalue weighted by atomic mass is 35.5. The van der Waals surface area contributed by atoms with Gasteiger partial charge in [0.2, 0.25) is 5.28 Å². The van der Waals surface area contributed by atoms with Gasteiger partial charge >= 0.3 is 0 Å². The van der Waals surface area contributed by atoms with E-state index >= 15 is 0 Å². The summed E-state index contributed by atoms with van der Waals surface area (Å²) in [7, 11) is 0. The lowest BCUT2D eigenvalue weighted by Gasteiger charge is -2.06. The van der Waals surface area contributed by atoms with Gasteiger partial charge in [-0.2, -0.15) is 11.8 Å². The van der Waals surface area contributed by atoms with Crippen LogP contribution in [0.4, 0.5) is 0 Å². The fourth-order valence-corrected chi connectivity index (χ4v) is 2.27. The van der Waals surface area contributed by atoms with Gasteiger partial charge in [0.15, 0.2) is 5.82 Å². The molecule has 0 aliphatic carbocycles. The summed E-state index contributed by atoms with van der Waals surface area (Å²) in [5, 5.41) is 8.55. The maximum absolute atomic E-state index is 6.06. The molecule has 0 N–H and O–H groups in total. The maximum atomic E-state index is 6.06. The summed E-state index contributed by atoms with van der Waals surface area (Å²) in [5.74, 6) is 1.96. The Bertz CT molecular complexity index is 470. The Morgan fingerprint density at radius 2 is 2.00 bits per heavy atom. The molecular weight excluding hydrogens is 254 g/mol. The summed E-state index contributed by atoms with van der Waals surface area (Å²) >= 11 is 7.89. The Morgan fingerprint density at radius 3 is 2.71 bits per heavy atom. The molecule has 90 valence electrons. The van der Waals surface area contributed by atoms with Gasteiger partial charge in [-0.1, -0.05) is 30.3 Å². The molecule has 2 rings (SSSR count). The number of aromatic nitrogens is 3. The SMILES string of the molecule is CSCCCn1c(Cl)nnc1-c1ccccc1. The predicted molar refractivity (Wildman–Crippen MR) is 73.5 cm³/mol. The van der Waals surface area contributed by atoms with Crippen molar-refractivity contribution >= 4 is 23.4 Å². The number of benzene rings is 1. The first-order chi connectivity index (χ1) is 8.33. The Labute approximate surface area is 110 Å². The molecule has 0 bridgehead atoms. The van der Waals surface area contributed by atoms with Crippen molar-refractivity contribution in [1.29, 1.82) is 0 Å². The van der Waals surface area contributed by atoms with Crippen LogP contribution in [0.3, 0.4) is 0 Å². The lowest BCUT2D eigenvalue weighted by molar-refractivity contribution is 0.689. The normalized spacial score (nSPS) is 10.7. The molecule has 0 spiro atoms. The average Bonchev–Trinajstić information content (AvgIpc) is 2.73. The fourth-order valence-electron chi connectivity index (χ4n) is 1.65. The largest absolute Gasteiger partial charge is 0.298 e. The topological polar surface area (TPSA) is 30.7 Å². The molecule has 2 aromatic rings. The third kappa shape index (κ3) is 3.01. The number of hydrogen-bond donors (Lipinski definition) is 0. The van der Waals surface area contributed by atoms with E-state index in [1.54, 1.807) is 0 Å². The summed E-state index contributed by atoms with van der Waals surface area (Å²) in [6, 6.07) is 10.0. The zero-order valence-electron chi connectivity index (χ0n) is 9.64. The van der Waals surface area contributed by atoms with Crippen molar-refractivity contribution in [2.24, 2.45) is 0 Å². The van der Waals surface area contributed by atoms with Gasteiger partial charge in [0.25, 0.3) is 0 Å². The van der Waals surface area contributed by atoms with Crippen molar-refractivity contribution in [1.82, 2.24) is 14.8 Å². The fraction of sp³-hybridized carbons (Fsp3) is 0.333. The van der Waals surface area contributed by atoms with Crippen LogP contribution in [0.5, 0.6) is 0 Å². The number of hydrogen-bond acceptors (Lipinski definition) is 3. The third-order valence-corrected chi connectivity index (χ3v) is 3.44. The molecule has 0 saturated carbocycles. The van der Waals surface area contributed by atoms with Gasteiger partial charge in [-0.15, -0.1) is 10.2 Å². The molecule has 1 heterocycles. The van der Waals surface area contributed by atoms with Crippen LogP contribution in [0, 0.1) is 0 Å². The Morgan fingerprint density at radius 1 is 1.24 bits per heavy atom. The van der Waals surface area contributed by atoms with E-state index in [2.05, 4.69) is 16.5 Å².